The molecule has 0 aliphatic heterocycles. The van der Waals surface area contributed by atoms with Gasteiger partial charge in [0, 0.05) is 28.5 Å². The molecule has 1 aromatic carbocycles. The van der Waals surface area contributed by atoms with E-state index in [1.807, 2.05) is 26.0 Å². The van der Waals surface area contributed by atoms with Crippen molar-refractivity contribution in [2.45, 2.75) is 32.0 Å². The number of carbonyl (C=O) groups excluding carboxylic acids is 1. The predicted molar refractivity (Wildman–Crippen MR) is 107 cm³/mol. The number of ketones is 1. The Bertz CT molecular complexity index is 1010. The summed E-state index contributed by atoms with van der Waals surface area (Å²) >= 11 is 2.88. The number of aliphatic hydroxyl groups excluding tert-OH is 1. The summed E-state index contributed by atoms with van der Waals surface area (Å²) in [4.78, 5) is 32.0. The number of hydrogen-bond donors (Lipinski definition) is 1. The Hall–Kier alpha value is -1.96. The van der Waals surface area contributed by atoms with E-state index in [1.54, 1.807) is 34.1 Å². The summed E-state index contributed by atoms with van der Waals surface area (Å²) in [5.74, 6) is 0.258. The molecule has 0 spiro atoms. The zero-order valence-corrected chi connectivity index (χ0v) is 16.3. The van der Waals surface area contributed by atoms with E-state index in [4.69, 9.17) is 5.11 Å². The monoisotopic (exact) mass is 388 g/mol. The molecule has 0 fully saturated rings. The first-order chi connectivity index (χ1) is 12.5. The lowest BCUT2D eigenvalue weighted by molar-refractivity contribution is 0.102. The molecule has 2 aromatic heterocycles. The van der Waals surface area contributed by atoms with Gasteiger partial charge in [-0.2, -0.15) is 0 Å². The summed E-state index contributed by atoms with van der Waals surface area (Å²) in [7, 11) is 0. The number of carbonyl (C=O) groups is 1. The fourth-order valence-electron chi connectivity index (χ4n) is 2.80. The minimum Gasteiger partial charge on any atom is -0.396 e. The van der Waals surface area contributed by atoms with E-state index in [0.717, 1.165) is 15.3 Å². The molecular weight excluding hydrogens is 368 g/mol. The molecule has 1 N–H and O–H groups in total. The number of nitrogens with zero attached hydrogens (tertiary/aromatic N) is 2. The molecule has 0 atom stereocenters. The molecule has 26 heavy (non-hydrogen) atoms. The summed E-state index contributed by atoms with van der Waals surface area (Å²) in [6.07, 6.45) is 0.463. The molecule has 136 valence electrons. The number of aliphatic hydroxyl groups is 1. The van der Waals surface area contributed by atoms with Crippen LogP contribution in [-0.2, 0) is 6.54 Å². The standard InChI is InChI=1S/C19H20N2O3S2/c1-12-10-15(13(2)26-12)17(23)11-25-19-20-16-7-4-3-6-14(16)18(24)21(19)8-5-9-22/h3-4,6-7,10,22H,5,8-9,11H2,1-2H3. The molecule has 0 bridgehead atoms. The van der Waals surface area contributed by atoms with Crippen molar-refractivity contribution < 1.29 is 9.90 Å². The molecule has 0 aliphatic rings. The SMILES string of the molecule is Cc1cc(C(=O)CSc2nc3ccccc3c(=O)n2CCCO)c(C)s1. The van der Waals surface area contributed by atoms with Crippen LogP contribution in [0.15, 0.2) is 40.3 Å². The van der Waals surface area contributed by atoms with Crippen molar-refractivity contribution in [1.29, 1.82) is 0 Å². The van der Waals surface area contributed by atoms with Crippen molar-refractivity contribution >= 4 is 39.8 Å². The number of benzene rings is 1. The van der Waals surface area contributed by atoms with Crippen molar-refractivity contribution in [2.75, 3.05) is 12.4 Å². The Labute approximate surface area is 159 Å². The number of aromatic nitrogens is 2. The number of aryl methyl sites for hydroxylation is 2. The van der Waals surface area contributed by atoms with Gasteiger partial charge in [0.2, 0.25) is 0 Å². The zero-order chi connectivity index (χ0) is 18.7. The van der Waals surface area contributed by atoms with Gasteiger partial charge in [-0.15, -0.1) is 11.3 Å². The van der Waals surface area contributed by atoms with Gasteiger partial charge in [-0.3, -0.25) is 14.2 Å². The number of thioether (sulfide) groups is 1. The molecule has 2 heterocycles. The van der Waals surface area contributed by atoms with Gasteiger partial charge in [0.1, 0.15) is 0 Å². The van der Waals surface area contributed by atoms with Crippen LogP contribution in [0.1, 0.15) is 26.5 Å². The highest BCUT2D eigenvalue weighted by Gasteiger charge is 2.16. The lowest BCUT2D eigenvalue weighted by Gasteiger charge is -2.12. The van der Waals surface area contributed by atoms with Gasteiger partial charge >= 0.3 is 0 Å². The smallest absolute Gasteiger partial charge is 0.262 e. The topological polar surface area (TPSA) is 72.2 Å². The van der Waals surface area contributed by atoms with Crippen LogP contribution in [0.3, 0.4) is 0 Å². The summed E-state index contributed by atoms with van der Waals surface area (Å²) in [5, 5.41) is 10.2. The summed E-state index contributed by atoms with van der Waals surface area (Å²) < 4.78 is 1.56. The number of fused-ring (bicyclic) bond motifs is 1. The van der Waals surface area contributed by atoms with Gasteiger partial charge in [-0.25, -0.2) is 4.98 Å². The minimum atomic E-state index is -0.137. The van der Waals surface area contributed by atoms with E-state index < -0.39 is 0 Å². The molecule has 3 rings (SSSR count). The second-order valence-corrected chi connectivity index (χ2v) is 8.39. The Morgan fingerprint density at radius 3 is 2.77 bits per heavy atom. The van der Waals surface area contributed by atoms with Crippen LogP contribution in [0.4, 0.5) is 0 Å². The van der Waals surface area contributed by atoms with Gasteiger partial charge < -0.3 is 5.11 Å². The summed E-state index contributed by atoms with van der Waals surface area (Å²) in [6, 6.07) is 9.10. The third kappa shape index (κ3) is 3.90. The van der Waals surface area contributed by atoms with Crippen LogP contribution < -0.4 is 5.56 Å². The molecule has 0 radical (unpaired) electrons. The van der Waals surface area contributed by atoms with Gasteiger partial charge in [0.05, 0.1) is 16.7 Å². The Kier molecular flexibility index (Phi) is 5.90. The van der Waals surface area contributed by atoms with Crippen LogP contribution >= 0.6 is 23.1 Å². The van der Waals surface area contributed by atoms with Crippen LogP contribution in [0.2, 0.25) is 0 Å². The largest absolute Gasteiger partial charge is 0.396 e. The molecule has 0 unspecified atom stereocenters. The predicted octanol–water partition coefficient (Wildman–Crippen LogP) is 3.43. The second-order valence-electron chi connectivity index (χ2n) is 5.98. The Morgan fingerprint density at radius 2 is 2.08 bits per heavy atom. The molecule has 3 aromatic rings. The van der Waals surface area contributed by atoms with Gasteiger partial charge in [-0.05, 0) is 38.5 Å². The summed E-state index contributed by atoms with van der Waals surface area (Å²) in [5.41, 5.74) is 1.22. The Balaban J connectivity index is 1.91. The van der Waals surface area contributed by atoms with E-state index in [1.165, 1.54) is 11.8 Å². The maximum absolute atomic E-state index is 12.8. The van der Waals surface area contributed by atoms with Crippen molar-refractivity contribution in [3.8, 4) is 0 Å². The number of hydrogen-bond acceptors (Lipinski definition) is 6. The number of thiophene rings is 1. The van der Waals surface area contributed by atoms with Gasteiger partial charge in [0.15, 0.2) is 10.9 Å². The van der Waals surface area contributed by atoms with E-state index >= 15 is 0 Å². The second kappa shape index (κ2) is 8.16. The third-order valence-electron chi connectivity index (χ3n) is 4.04. The molecule has 0 saturated heterocycles. The first kappa shape index (κ1) is 18.8. The van der Waals surface area contributed by atoms with Crippen molar-refractivity contribution in [3.63, 3.8) is 0 Å². The highest BCUT2D eigenvalue weighted by molar-refractivity contribution is 7.99. The van der Waals surface area contributed by atoms with Crippen LogP contribution in [-0.4, -0.2) is 32.8 Å². The maximum atomic E-state index is 12.8. The van der Waals surface area contributed by atoms with E-state index in [0.29, 0.717) is 29.0 Å². The molecule has 5 nitrogen and oxygen atoms in total. The van der Waals surface area contributed by atoms with Crippen LogP contribution in [0.25, 0.3) is 10.9 Å². The average Bonchev–Trinajstić information content (AvgIpc) is 2.97. The van der Waals surface area contributed by atoms with E-state index in [9.17, 15) is 9.59 Å². The lowest BCUT2D eigenvalue weighted by atomic mass is 10.2. The zero-order valence-electron chi connectivity index (χ0n) is 14.7. The normalized spacial score (nSPS) is 11.2. The first-order valence-electron chi connectivity index (χ1n) is 8.34. The number of rotatable bonds is 7. The molecule has 0 saturated carbocycles. The fraction of sp³-hybridized carbons (Fsp3) is 0.316. The highest BCUT2D eigenvalue weighted by Crippen LogP contribution is 2.24. The summed E-state index contributed by atoms with van der Waals surface area (Å²) in [6.45, 7) is 4.30. The molecule has 0 amide bonds. The van der Waals surface area contributed by atoms with Crippen LogP contribution in [0.5, 0.6) is 0 Å². The van der Waals surface area contributed by atoms with Gasteiger partial charge in [0.25, 0.3) is 5.56 Å². The maximum Gasteiger partial charge on any atom is 0.262 e. The van der Waals surface area contributed by atoms with E-state index in [-0.39, 0.29) is 23.7 Å². The lowest BCUT2D eigenvalue weighted by Crippen LogP contribution is -2.24. The van der Waals surface area contributed by atoms with E-state index in [2.05, 4.69) is 4.98 Å². The molecule has 7 heteroatoms. The molecule has 0 aliphatic carbocycles. The third-order valence-corrected chi connectivity index (χ3v) is 5.98. The number of Topliss-reactive ketones (excluding diaryl/α,β-unsaturated/α-hetero) is 1. The highest BCUT2D eigenvalue weighted by atomic mass is 32.2. The Morgan fingerprint density at radius 1 is 1.31 bits per heavy atom. The average molecular weight is 389 g/mol. The van der Waals surface area contributed by atoms with Gasteiger partial charge in [-0.1, -0.05) is 23.9 Å². The van der Waals surface area contributed by atoms with Crippen LogP contribution in [0, 0.1) is 13.8 Å². The first-order valence-corrected chi connectivity index (χ1v) is 10.1. The van der Waals surface area contributed by atoms with Crippen molar-refractivity contribution in [2.24, 2.45) is 0 Å². The number of para-hydroxylation sites is 1. The van der Waals surface area contributed by atoms with Crippen molar-refractivity contribution in [1.82, 2.24) is 9.55 Å². The quantitative estimate of drug-likeness (QED) is 0.381. The minimum absolute atomic E-state index is 0.00429. The molecular formula is C19H20N2O3S2. The fourth-order valence-corrected chi connectivity index (χ4v) is 4.65. The van der Waals surface area contributed by atoms with Crippen molar-refractivity contribution in [3.05, 3.63) is 56.0 Å².